The molecule has 0 aliphatic rings. The molecule has 2 aromatic carbocycles. The Morgan fingerprint density at radius 2 is 1.16 bits per heavy atom. The molecule has 0 radical (unpaired) electrons. The first kappa shape index (κ1) is 13.2. The number of hydrogen-bond donors (Lipinski definition) is 1. The number of ether oxygens (including phenoxy) is 2. The number of methoxy groups -OCH3 is 2. The highest BCUT2D eigenvalue weighted by molar-refractivity contribution is 5.64. The zero-order valence-electron chi connectivity index (χ0n) is 11.2. The Kier molecular flexibility index (Phi) is 4.26. The van der Waals surface area contributed by atoms with Gasteiger partial charge in [-0.3, -0.25) is 0 Å². The summed E-state index contributed by atoms with van der Waals surface area (Å²) in [5, 5.41) is 0. The van der Waals surface area contributed by atoms with Gasteiger partial charge in [-0.1, -0.05) is 0 Å². The highest BCUT2D eigenvalue weighted by Crippen LogP contribution is 2.27. The third-order valence-corrected chi connectivity index (χ3v) is 2.95. The summed E-state index contributed by atoms with van der Waals surface area (Å²) in [6, 6.07) is 15.6. The fraction of sp³-hybridized carbons (Fsp3) is 0.200. The van der Waals surface area contributed by atoms with Gasteiger partial charge in [-0.25, -0.2) is 0 Å². The molecule has 0 aliphatic heterocycles. The van der Waals surface area contributed by atoms with Crippen LogP contribution in [0.25, 0.3) is 0 Å². The summed E-state index contributed by atoms with van der Waals surface area (Å²) in [4.78, 5) is 2.01. The Balaban J connectivity index is 2.26. The maximum Gasteiger partial charge on any atom is 0.119 e. The predicted molar refractivity (Wildman–Crippen MR) is 77.2 cm³/mol. The molecule has 2 rings (SSSR count). The van der Waals surface area contributed by atoms with Crippen molar-refractivity contribution in [3.63, 3.8) is 0 Å². The average molecular weight is 258 g/mol. The van der Waals surface area contributed by atoms with Crippen LogP contribution in [-0.4, -0.2) is 20.9 Å². The number of anilines is 2. The van der Waals surface area contributed by atoms with Crippen molar-refractivity contribution >= 4 is 11.4 Å². The molecule has 2 N–H and O–H groups in total. The highest BCUT2D eigenvalue weighted by Gasteiger charge is 2.07. The lowest BCUT2D eigenvalue weighted by molar-refractivity contribution is 0.415. The lowest BCUT2D eigenvalue weighted by Crippen LogP contribution is -2.24. The van der Waals surface area contributed by atoms with Crippen molar-refractivity contribution < 1.29 is 9.47 Å². The van der Waals surface area contributed by atoms with Crippen LogP contribution in [0.2, 0.25) is 0 Å². The summed E-state index contributed by atoms with van der Waals surface area (Å²) in [6.45, 7) is 0.401. The molecule has 0 fully saturated rings. The van der Waals surface area contributed by atoms with Crippen molar-refractivity contribution in [1.29, 1.82) is 0 Å². The smallest absolute Gasteiger partial charge is 0.119 e. The van der Waals surface area contributed by atoms with E-state index >= 15 is 0 Å². The van der Waals surface area contributed by atoms with Crippen LogP contribution in [0.1, 0.15) is 0 Å². The number of nitrogens with two attached hydrogens (primary N) is 1. The van der Waals surface area contributed by atoms with Gasteiger partial charge in [-0.2, -0.15) is 0 Å². The number of nitrogens with zero attached hydrogens (tertiary/aromatic N) is 1. The summed E-state index contributed by atoms with van der Waals surface area (Å²) >= 11 is 0. The van der Waals surface area contributed by atoms with Crippen LogP contribution in [0.5, 0.6) is 11.5 Å². The molecule has 19 heavy (non-hydrogen) atoms. The van der Waals surface area contributed by atoms with E-state index in [-0.39, 0.29) is 0 Å². The number of hydrogen-bond acceptors (Lipinski definition) is 4. The quantitative estimate of drug-likeness (QED) is 0.838. The molecule has 4 nitrogen and oxygen atoms in total. The lowest BCUT2D eigenvalue weighted by atomic mass is 10.2. The normalized spacial score (nSPS) is 10.1. The topological polar surface area (TPSA) is 47.7 Å². The Morgan fingerprint density at radius 3 is 1.42 bits per heavy atom. The van der Waals surface area contributed by atoms with E-state index in [9.17, 15) is 0 Å². The minimum Gasteiger partial charge on any atom is -0.497 e. The van der Waals surface area contributed by atoms with Gasteiger partial charge in [-0.15, -0.1) is 0 Å². The van der Waals surface area contributed by atoms with E-state index in [1.807, 2.05) is 53.4 Å². The van der Waals surface area contributed by atoms with E-state index < -0.39 is 0 Å². The number of rotatable bonds is 5. The zero-order valence-corrected chi connectivity index (χ0v) is 11.2. The van der Waals surface area contributed by atoms with Crippen molar-refractivity contribution in [3.05, 3.63) is 48.5 Å². The highest BCUT2D eigenvalue weighted by atomic mass is 16.5. The van der Waals surface area contributed by atoms with Crippen LogP contribution in [0.15, 0.2) is 48.5 Å². The Labute approximate surface area is 113 Å². The van der Waals surface area contributed by atoms with Gasteiger partial charge < -0.3 is 20.1 Å². The van der Waals surface area contributed by atoms with Gasteiger partial charge >= 0.3 is 0 Å². The van der Waals surface area contributed by atoms with Crippen LogP contribution in [0, 0.1) is 0 Å². The summed E-state index contributed by atoms with van der Waals surface area (Å²) in [5.41, 5.74) is 7.88. The minimum atomic E-state index is 0.401. The summed E-state index contributed by atoms with van der Waals surface area (Å²) in [6.07, 6.45) is 0. The Bertz CT molecular complexity index is 461. The van der Waals surface area contributed by atoms with Crippen molar-refractivity contribution in [3.8, 4) is 11.5 Å². The fourth-order valence-electron chi connectivity index (χ4n) is 1.88. The van der Waals surface area contributed by atoms with Crippen molar-refractivity contribution in [2.45, 2.75) is 0 Å². The maximum absolute atomic E-state index is 5.84. The number of benzene rings is 2. The minimum absolute atomic E-state index is 0.401. The van der Waals surface area contributed by atoms with E-state index in [2.05, 4.69) is 0 Å². The Morgan fingerprint density at radius 1 is 0.789 bits per heavy atom. The summed E-state index contributed by atoms with van der Waals surface area (Å²) in [7, 11) is 3.30. The summed E-state index contributed by atoms with van der Waals surface area (Å²) < 4.78 is 10.3. The molecule has 0 saturated heterocycles. The second-order valence-corrected chi connectivity index (χ2v) is 4.01. The molecule has 0 unspecified atom stereocenters. The van der Waals surface area contributed by atoms with E-state index in [1.54, 1.807) is 14.2 Å². The Hall–Kier alpha value is -2.20. The zero-order chi connectivity index (χ0) is 13.7. The third kappa shape index (κ3) is 2.98. The van der Waals surface area contributed by atoms with Gasteiger partial charge in [0.15, 0.2) is 0 Å². The molecule has 0 amide bonds. The third-order valence-electron chi connectivity index (χ3n) is 2.95. The van der Waals surface area contributed by atoms with Gasteiger partial charge in [-0.05, 0) is 48.5 Å². The van der Waals surface area contributed by atoms with Gasteiger partial charge in [0.05, 0.1) is 20.9 Å². The molecule has 2 aromatic rings. The molecule has 4 heteroatoms. The second kappa shape index (κ2) is 6.11. The standard InChI is InChI=1S/C15H18N2O2/c1-18-14-7-3-12(4-8-14)17(11-16)13-5-9-15(19-2)10-6-13/h3-10H,11,16H2,1-2H3. The second-order valence-electron chi connectivity index (χ2n) is 4.01. The van der Waals surface area contributed by atoms with E-state index in [1.165, 1.54) is 0 Å². The van der Waals surface area contributed by atoms with Crippen LogP contribution in [-0.2, 0) is 0 Å². The fourth-order valence-corrected chi connectivity index (χ4v) is 1.88. The first-order chi connectivity index (χ1) is 9.28. The molecular weight excluding hydrogens is 240 g/mol. The molecule has 0 bridgehead atoms. The predicted octanol–water partition coefficient (Wildman–Crippen LogP) is 2.76. The molecule has 100 valence electrons. The van der Waals surface area contributed by atoms with Gasteiger partial charge in [0.1, 0.15) is 11.5 Å². The van der Waals surface area contributed by atoms with Crippen molar-refractivity contribution in [2.75, 3.05) is 25.8 Å². The molecule has 0 saturated carbocycles. The van der Waals surface area contributed by atoms with Crippen LogP contribution in [0.3, 0.4) is 0 Å². The van der Waals surface area contributed by atoms with Crippen LogP contribution in [0.4, 0.5) is 11.4 Å². The van der Waals surface area contributed by atoms with E-state index in [0.29, 0.717) is 6.67 Å². The SMILES string of the molecule is COc1ccc(N(CN)c2ccc(OC)cc2)cc1. The molecule has 0 spiro atoms. The maximum atomic E-state index is 5.84. The molecular formula is C15H18N2O2. The van der Waals surface area contributed by atoms with Gasteiger partial charge in [0.2, 0.25) is 0 Å². The van der Waals surface area contributed by atoms with Gasteiger partial charge in [0.25, 0.3) is 0 Å². The van der Waals surface area contributed by atoms with E-state index in [4.69, 9.17) is 15.2 Å². The van der Waals surface area contributed by atoms with Gasteiger partial charge in [0, 0.05) is 11.4 Å². The first-order valence-corrected chi connectivity index (χ1v) is 6.04. The lowest BCUT2D eigenvalue weighted by Gasteiger charge is -2.23. The average Bonchev–Trinajstić information content (AvgIpc) is 2.49. The summed E-state index contributed by atoms with van der Waals surface area (Å²) in [5.74, 6) is 1.66. The van der Waals surface area contributed by atoms with Crippen molar-refractivity contribution in [1.82, 2.24) is 0 Å². The monoisotopic (exact) mass is 258 g/mol. The van der Waals surface area contributed by atoms with Crippen LogP contribution >= 0.6 is 0 Å². The largest absolute Gasteiger partial charge is 0.497 e. The van der Waals surface area contributed by atoms with Crippen molar-refractivity contribution in [2.24, 2.45) is 5.73 Å². The first-order valence-electron chi connectivity index (χ1n) is 6.04. The molecule has 0 aliphatic carbocycles. The molecule has 0 aromatic heterocycles. The molecule has 0 atom stereocenters. The van der Waals surface area contributed by atoms with E-state index in [0.717, 1.165) is 22.9 Å². The van der Waals surface area contributed by atoms with Crippen LogP contribution < -0.4 is 20.1 Å². The molecule has 0 heterocycles.